The Kier molecular flexibility index (Phi) is 7.41. The van der Waals surface area contributed by atoms with Crippen molar-refractivity contribution in [2.24, 2.45) is 7.05 Å². The molecular weight excluding hydrogens is 440 g/mol. The van der Waals surface area contributed by atoms with Gasteiger partial charge in [0, 0.05) is 37.7 Å². The Balaban J connectivity index is 1.50. The van der Waals surface area contributed by atoms with Crippen LogP contribution in [-0.4, -0.2) is 60.9 Å². The van der Waals surface area contributed by atoms with Crippen molar-refractivity contribution in [2.45, 2.75) is 50.0 Å². The summed E-state index contributed by atoms with van der Waals surface area (Å²) in [5.41, 5.74) is 1.67. The molecule has 33 heavy (non-hydrogen) atoms. The van der Waals surface area contributed by atoms with Crippen LogP contribution in [0.4, 0.5) is 5.69 Å². The molecule has 2 aliphatic heterocycles. The quantitative estimate of drug-likeness (QED) is 0.634. The summed E-state index contributed by atoms with van der Waals surface area (Å²) < 4.78 is 35.9. The first-order valence-corrected chi connectivity index (χ1v) is 13.3. The Morgan fingerprint density at radius 3 is 2.61 bits per heavy atom. The number of nitrogens with zero attached hydrogens (tertiary/aromatic N) is 3. The smallest absolute Gasteiger partial charge is 0.246 e. The lowest BCUT2D eigenvalue weighted by Crippen LogP contribution is -2.36. The highest BCUT2D eigenvalue weighted by molar-refractivity contribution is 7.89. The number of rotatable bonds is 8. The fourth-order valence-corrected chi connectivity index (χ4v) is 6.54. The van der Waals surface area contributed by atoms with E-state index in [1.807, 2.05) is 26.2 Å². The summed E-state index contributed by atoms with van der Waals surface area (Å²) in [7, 11) is -1.67. The maximum Gasteiger partial charge on any atom is 0.246 e. The number of sulfonamides is 1. The van der Waals surface area contributed by atoms with Gasteiger partial charge in [-0.2, -0.15) is 4.31 Å². The lowest BCUT2D eigenvalue weighted by molar-refractivity contribution is -0.117. The number of hydrogen-bond acceptors (Lipinski definition) is 5. The number of carbonyl (C=O) groups excluding carboxylic acids is 1. The molecule has 2 fully saturated rings. The van der Waals surface area contributed by atoms with Crippen molar-refractivity contribution in [3.63, 3.8) is 0 Å². The number of piperidine rings is 1. The maximum absolute atomic E-state index is 13.3. The van der Waals surface area contributed by atoms with Gasteiger partial charge in [-0.25, -0.2) is 8.42 Å². The van der Waals surface area contributed by atoms with Gasteiger partial charge in [-0.1, -0.05) is 6.42 Å². The minimum atomic E-state index is -3.69. The van der Waals surface area contributed by atoms with Gasteiger partial charge in [0.2, 0.25) is 15.9 Å². The van der Waals surface area contributed by atoms with Crippen LogP contribution in [0.25, 0.3) is 0 Å². The van der Waals surface area contributed by atoms with Gasteiger partial charge in [0.1, 0.15) is 10.6 Å². The van der Waals surface area contributed by atoms with Crippen molar-refractivity contribution >= 4 is 21.6 Å². The van der Waals surface area contributed by atoms with Crippen LogP contribution in [0, 0.1) is 0 Å². The van der Waals surface area contributed by atoms with Crippen molar-refractivity contribution in [3.8, 4) is 5.75 Å². The molecule has 2 aliphatic rings. The Hall–Kier alpha value is -2.36. The van der Waals surface area contributed by atoms with E-state index in [0.717, 1.165) is 38.6 Å². The third-order valence-electron chi connectivity index (χ3n) is 6.50. The van der Waals surface area contributed by atoms with Crippen molar-refractivity contribution < 1.29 is 17.9 Å². The molecule has 0 unspecified atom stereocenters. The number of benzene rings is 1. The van der Waals surface area contributed by atoms with Gasteiger partial charge in [0.05, 0.1) is 19.2 Å². The van der Waals surface area contributed by atoms with Gasteiger partial charge >= 0.3 is 0 Å². The number of ether oxygens (including phenoxy) is 1. The van der Waals surface area contributed by atoms with Gasteiger partial charge in [-0.3, -0.25) is 9.69 Å². The molecule has 1 aromatic heterocycles. The first-order valence-electron chi connectivity index (χ1n) is 11.8. The molecule has 1 atom stereocenters. The summed E-state index contributed by atoms with van der Waals surface area (Å²) in [6.45, 7) is 4.34. The molecule has 1 amide bonds. The average molecular weight is 475 g/mol. The second-order valence-corrected chi connectivity index (χ2v) is 10.7. The number of aryl methyl sites for hydroxylation is 1. The zero-order valence-electron chi connectivity index (χ0n) is 19.5. The number of anilines is 1. The molecule has 0 spiro atoms. The zero-order valence-corrected chi connectivity index (χ0v) is 20.3. The Labute approximate surface area is 196 Å². The maximum atomic E-state index is 13.3. The number of amides is 1. The second-order valence-electron chi connectivity index (χ2n) is 8.78. The number of hydrogen-bond donors (Lipinski definition) is 1. The number of nitrogens with one attached hydrogen (secondary N) is 1. The summed E-state index contributed by atoms with van der Waals surface area (Å²) in [6, 6.07) is 9.22. The largest absolute Gasteiger partial charge is 0.492 e. The average Bonchev–Trinajstić information content (AvgIpc) is 3.43. The van der Waals surface area contributed by atoms with Crippen LogP contribution in [0.15, 0.2) is 41.4 Å². The fourth-order valence-electron chi connectivity index (χ4n) is 4.86. The number of carbonyl (C=O) groups is 1. The first-order chi connectivity index (χ1) is 15.9. The third-order valence-corrected chi connectivity index (χ3v) is 8.42. The zero-order chi connectivity index (χ0) is 23.4. The van der Waals surface area contributed by atoms with Crippen LogP contribution >= 0.6 is 0 Å². The highest BCUT2D eigenvalue weighted by Crippen LogP contribution is 2.33. The summed E-state index contributed by atoms with van der Waals surface area (Å²) >= 11 is 0. The summed E-state index contributed by atoms with van der Waals surface area (Å²) in [5, 5.41) is 2.91. The van der Waals surface area contributed by atoms with E-state index < -0.39 is 10.0 Å². The van der Waals surface area contributed by atoms with E-state index in [4.69, 9.17) is 4.74 Å². The fraction of sp³-hybridized carbons (Fsp3) is 0.542. The van der Waals surface area contributed by atoms with Gasteiger partial charge in [0.25, 0.3) is 0 Å². The van der Waals surface area contributed by atoms with Crippen molar-refractivity contribution in [3.05, 3.63) is 42.2 Å². The van der Waals surface area contributed by atoms with E-state index in [2.05, 4.69) is 20.9 Å². The molecule has 9 heteroatoms. The Bertz CT molecular complexity index is 1080. The highest BCUT2D eigenvalue weighted by atomic mass is 32.2. The van der Waals surface area contributed by atoms with E-state index in [9.17, 15) is 13.2 Å². The standard InChI is InChI=1S/C24H34N4O4S/c1-3-32-22-12-11-19(17-23(22)33(30,31)28-15-5-4-6-16-28)25-24(29)18-27-14-8-10-21(27)20-9-7-13-26(20)2/h7,9,11-13,17,21H,3-6,8,10,14-16,18H2,1-2H3,(H,25,29)/t21-/m0/s1. The highest BCUT2D eigenvalue weighted by Gasteiger charge is 2.31. The van der Waals surface area contributed by atoms with Gasteiger partial charge < -0.3 is 14.6 Å². The van der Waals surface area contributed by atoms with Gasteiger partial charge in [0.15, 0.2) is 0 Å². The lowest BCUT2D eigenvalue weighted by atomic mass is 10.1. The Morgan fingerprint density at radius 1 is 1.12 bits per heavy atom. The van der Waals surface area contributed by atoms with Crippen LogP contribution in [0.2, 0.25) is 0 Å². The molecule has 1 aromatic carbocycles. The molecule has 0 radical (unpaired) electrons. The van der Waals surface area contributed by atoms with Crippen LogP contribution in [-0.2, 0) is 21.9 Å². The predicted octanol–water partition coefficient (Wildman–Crippen LogP) is 3.37. The molecule has 0 bridgehead atoms. The molecule has 8 nitrogen and oxygen atoms in total. The second kappa shape index (κ2) is 10.3. The Morgan fingerprint density at radius 2 is 1.91 bits per heavy atom. The minimum Gasteiger partial charge on any atom is -0.492 e. The van der Waals surface area contributed by atoms with E-state index in [1.165, 1.54) is 16.1 Å². The molecule has 2 saturated heterocycles. The SMILES string of the molecule is CCOc1ccc(NC(=O)CN2CCC[C@H]2c2cccn2C)cc1S(=O)(=O)N1CCCCC1. The van der Waals surface area contributed by atoms with Crippen LogP contribution in [0.1, 0.15) is 50.8 Å². The monoisotopic (exact) mass is 474 g/mol. The third kappa shape index (κ3) is 5.26. The molecule has 0 saturated carbocycles. The van der Waals surface area contributed by atoms with Gasteiger partial charge in [-0.15, -0.1) is 0 Å². The minimum absolute atomic E-state index is 0.118. The van der Waals surface area contributed by atoms with Crippen molar-refractivity contribution in [2.75, 3.05) is 38.1 Å². The number of aromatic nitrogens is 1. The summed E-state index contributed by atoms with van der Waals surface area (Å²) in [5.74, 6) is 0.172. The molecule has 2 aromatic rings. The molecule has 4 rings (SSSR count). The van der Waals surface area contributed by atoms with Crippen LogP contribution in [0.3, 0.4) is 0 Å². The predicted molar refractivity (Wildman–Crippen MR) is 128 cm³/mol. The number of likely N-dealkylation sites (tertiary alicyclic amines) is 1. The van der Waals surface area contributed by atoms with Crippen molar-refractivity contribution in [1.82, 2.24) is 13.8 Å². The van der Waals surface area contributed by atoms with Crippen LogP contribution < -0.4 is 10.1 Å². The first kappa shape index (κ1) is 23.8. The normalized spacial score (nSPS) is 20.1. The van der Waals surface area contributed by atoms with E-state index in [1.54, 1.807) is 12.1 Å². The molecule has 1 N–H and O–H groups in total. The van der Waals surface area contributed by atoms with E-state index in [0.29, 0.717) is 31.1 Å². The van der Waals surface area contributed by atoms with Gasteiger partial charge in [-0.05, 0) is 69.5 Å². The summed E-state index contributed by atoms with van der Waals surface area (Å²) in [6.07, 6.45) is 6.85. The van der Waals surface area contributed by atoms with E-state index in [-0.39, 0.29) is 23.4 Å². The molecule has 3 heterocycles. The molecular formula is C24H34N4O4S. The summed E-state index contributed by atoms with van der Waals surface area (Å²) in [4.78, 5) is 15.2. The molecule has 0 aliphatic carbocycles. The van der Waals surface area contributed by atoms with Crippen LogP contribution in [0.5, 0.6) is 5.75 Å². The lowest BCUT2D eigenvalue weighted by Gasteiger charge is -2.27. The topological polar surface area (TPSA) is 83.9 Å². The van der Waals surface area contributed by atoms with E-state index >= 15 is 0 Å². The molecule has 180 valence electrons. The van der Waals surface area contributed by atoms with Crippen molar-refractivity contribution in [1.29, 1.82) is 0 Å².